The van der Waals surface area contributed by atoms with E-state index >= 15 is 0 Å². The Kier molecular flexibility index (Phi) is 3.50. The fraction of sp³-hybridized carbons (Fsp3) is 0.294. The Hall–Kier alpha value is -2.16. The largest absolute Gasteiger partial charge is 0.289 e. The zero-order valence-corrected chi connectivity index (χ0v) is 11.2. The van der Waals surface area contributed by atoms with E-state index in [0.29, 0.717) is 5.57 Å². The Labute approximate surface area is 118 Å². The van der Waals surface area contributed by atoms with E-state index in [0.717, 1.165) is 17.4 Å². The number of imide groups is 1. The van der Waals surface area contributed by atoms with E-state index in [4.69, 9.17) is 0 Å². The lowest BCUT2D eigenvalue weighted by Gasteiger charge is -1.97. The third-order valence-corrected chi connectivity index (χ3v) is 4.01. The molecule has 1 aliphatic heterocycles. The van der Waals surface area contributed by atoms with Crippen molar-refractivity contribution in [2.45, 2.75) is 19.3 Å². The zero-order chi connectivity index (χ0) is 13.9. The maximum absolute atomic E-state index is 11.2. The lowest BCUT2D eigenvalue weighted by molar-refractivity contribution is -0.123. The predicted octanol–water partition coefficient (Wildman–Crippen LogP) is 2.70. The van der Waals surface area contributed by atoms with Gasteiger partial charge in [-0.15, -0.1) is 0 Å². The van der Waals surface area contributed by atoms with E-state index < -0.39 is 0 Å². The van der Waals surface area contributed by atoms with Crippen molar-refractivity contribution in [2.24, 2.45) is 11.8 Å². The highest BCUT2D eigenvalue weighted by Gasteiger charge is 2.25. The molecular weight excluding hydrogens is 250 g/mol. The van der Waals surface area contributed by atoms with Crippen LogP contribution in [0.5, 0.6) is 0 Å². The molecule has 2 aliphatic carbocycles. The smallest absolute Gasteiger partial charge is 0.258 e. The van der Waals surface area contributed by atoms with Crippen LogP contribution < -0.4 is 5.32 Å². The number of amides is 2. The second-order valence-electron chi connectivity index (χ2n) is 5.46. The van der Waals surface area contributed by atoms with Crippen LogP contribution in [0.1, 0.15) is 24.8 Å². The van der Waals surface area contributed by atoms with E-state index in [1.54, 1.807) is 12.1 Å². The molecule has 0 aromatic heterocycles. The fourth-order valence-electron chi connectivity index (χ4n) is 2.96. The highest BCUT2D eigenvalue weighted by Crippen LogP contribution is 2.38. The summed E-state index contributed by atoms with van der Waals surface area (Å²) >= 11 is 0. The van der Waals surface area contributed by atoms with Gasteiger partial charge in [0.25, 0.3) is 11.8 Å². The SMILES string of the molecule is C1=CC2CCC1C2.O=C1C=C(c2ccccc2)C(=O)N1. The molecular formula is C17H17NO2. The molecule has 2 bridgehead atoms. The van der Waals surface area contributed by atoms with Gasteiger partial charge < -0.3 is 0 Å². The van der Waals surface area contributed by atoms with Crippen LogP contribution in [0.25, 0.3) is 5.57 Å². The van der Waals surface area contributed by atoms with Crippen molar-refractivity contribution in [3.05, 3.63) is 54.1 Å². The number of hydrogen-bond donors (Lipinski definition) is 1. The summed E-state index contributed by atoms with van der Waals surface area (Å²) in [6, 6.07) is 9.10. The number of carbonyl (C=O) groups excluding carboxylic acids is 2. The van der Waals surface area contributed by atoms with Crippen LogP contribution in [0, 0.1) is 11.8 Å². The van der Waals surface area contributed by atoms with Crippen LogP contribution in [-0.2, 0) is 9.59 Å². The van der Waals surface area contributed by atoms with Crippen molar-refractivity contribution in [1.29, 1.82) is 0 Å². The minimum absolute atomic E-state index is 0.323. The van der Waals surface area contributed by atoms with Crippen LogP contribution >= 0.6 is 0 Å². The Balaban J connectivity index is 0.000000144. The molecule has 20 heavy (non-hydrogen) atoms. The third-order valence-electron chi connectivity index (χ3n) is 4.01. The first-order valence-electron chi connectivity index (χ1n) is 7.03. The summed E-state index contributed by atoms with van der Waals surface area (Å²) in [7, 11) is 0. The normalized spacial score (nSPS) is 26.1. The lowest BCUT2D eigenvalue weighted by atomic mass is 10.1. The topological polar surface area (TPSA) is 46.2 Å². The van der Waals surface area contributed by atoms with Crippen LogP contribution in [0.2, 0.25) is 0 Å². The third kappa shape index (κ3) is 2.72. The van der Waals surface area contributed by atoms with Crippen LogP contribution in [0.4, 0.5) is 0 Å². The van der Waals surface area contributed by atoms with Crippen LogP contribution in [0.15, 0.2) is 48.6 Å². The molecule has 1 fully saturated rings. The van der Waals surface area contributed by atoms with E-state index in [2.05, 4.69) is 17.5 Å². The summed E-state index contributed by atoms with van der Waals surface area (Å²) in [6.45, 7) is 0. The van der Waals surface area contributed by atoms with Gasteiger partial charge in [0.1, 0.15) is 0 Å². The molecule has 0 radical (unpaired) electrons. The number of carbonyl (C=O) groups is 2. The Morgan fingerprint density at radius 1 is 0.950 bits per heavy atom. The zero-order valence-electron chi connectivity index (χ0n) is 11.2. The highest BCUT2D eigenvalue weighted by molar-refractivity contribution is 6.33. The van der Waals surface area contributed by atoms with Crippen LogP contribution in [0.3, 0.4) is 0 Å². The summed E-state index contributed by atoms with van der Waals surface area (Å²) in [5.74, 6) is 1.31. The first-order valence-corrected chi connectivity index (χ1v) is 7.03. The van der Waals surface area contributed by atoms with Crippen molar-refractivity contribution in [1.82, 2.24) is 5.32 Å². The molecule has 1 N–H and O–H groups in total. The monoisotopic (exact) mass is 267 g/mol. The van der Waals surface area contributed by atoms with E-state index in [9.17, 15) is 9.59 Å². The van der Waals surface area contributed by atoms with Gasteiger partial charge in [0.2, 0.25) is 0 Å². The molecule has 0 saturated heterocycles. The number of fused-ring (bicyclic) bond motifs is 2. The van der Waals surface area contributed by atoms with Crippen molar-refractivity contribution >= 4 is 17.4 Å². The van der Waals surface area contributed by atoms with Gasteiger partial charge in [-0.3, -0.25) is 14.9 Å². The molecule has 3 nitrogen and oxygen atoms in total. The Bertz CT molecular complexity index is 574. The molecule has 3 aliphatic rings. The Morgan fingerprint density at radius 3 is 2.00 bits per heavy atom. The second kappa shape index (κ2) is 5.45. The van der Waals surface area contributed by atoms with Gasteiger partial charge in [0.15, 0.2) is 0 Å². The lowest BCUT2D eigenvalue weighted by Crippen LogP contribution is -2.21. The minimum Gasteiger partial charge on any atom is -0.289 e. The standard InChI is InChI=1S/C10H7NO2.C7H10/c12-9-6-8(10(13)11-9)7-4-2-1-3-5-7;1-2-7-4-3-6(1)5-7/h1-6H,(H,11,12,13);1-2,6-7H,3-5H2. The summed E-state index contributed by atoms with van der Waals surface area (Å²) in [6.07, 6.45) is 10.5. The molecule has 1 aromatic carbocycles. The molecule has 2 atom stereocenters. The second-order valence-corrected chi connectivity index (χ2v) is 5.46. The van der Waals surface area contributed by atoms with E-state index in [1.165, 1.54) is 25.3 Å². The molecule has 1 saturated carbocycles. The number of hydrogen-bond acceptors (Lipinski definition) is 2. The number of rotatable bonds is 1. The van der Waals surface area contributed by atoms with Crippen molar-refractivity contribution < 1.29 is 9.59 Å². The molecule has 0 spiro atoms. The fourth-order valence-corrected chi connectivity index (χ4v) is 2.96. The molecule has 1 heterocycles. The maximum Gasteiger partial charge on any atom is 0.258 e. The van der Waals surface area contributed by atoms with Crippen LogP contribution in [-0.4, -0.2) is 11.8 Å². The highest BCUT2D eigenvalue weighted by atomic mass is 16.2. The summed E-state index contributed by atoms with van der Waals surface area (Å²) in [5.41, 5.74) is 1.21. The molecule has 102 valence electrons. The summed E-state index contributed by atoms with van der Waals surface area (Å²) < 4.78 is 0. The van der Waals surface area contributed by atoms with Crippen molar-refractivity contribution in [3.8, 4) is 0 Å². The maximum atomic E-state index is 11.2. The first kappa shape index (κ1) is 12.9. The average molecular weight is 267 g/mol. The van der Waals surface area contributed by atoms with Gasteiger partial charge in [0, 0.05) is 6.08 Å². The molecule has 4 rings (SSSR count). The molecule has 1 aromatic rings. The predicted molar refractivity (Wildman–Crippen MR) is 77.5 cm³/mol. The number of nitrogens with one attached hydrogen (secondary N) is 1. The summed E-state index contributed by atoms with van der Waals surface area (Å²) in [5, 5.41) is 2.19. The Morgan fingerprint density at radius 2 is 1.60 bits per heavy atom. The van der Waals surface area contributed by atoms with Gasteiger partial charge in [-0.25, -0.2) is 0 Å². The molecule has 3 heteroatoms. The van der Waals surface area contributed by atoms with E-state index in [-0.39, 0.29) is 11.8 Å². The van der Waals surface area contributed by atoms with Crippen molar-refractivity contribution in [2.75, 3.05) is 0 Å². The van der Waals surface area contributed by atoms with Gasteiger partial charge in [0.05, 0.1) is 5.57 Å². The summed E-state index contributed by atoms with van der Waals surface area (Å²) in [4.78, 5) is 22.0. The quantitative estimate of drug-likeness (QED) is 0.628. The number of allylic oxidation sites excluding steroid dienone is 2. The van der Waals surface area contributed by atoms with Crippen molar-refractivity contribution in [3.63, 3.8) is 0 Å². The van der Waals surface area contributed by atoms with Gasteiger partial charge in [-0.05, 0) is 36.7 Å². The average Bonchev–Trinajstić information content (AvgIpc) is 3.18. The minimum atomic E-state index is -0.344. The van der Waals surface area contributed by atoms with Gasteiger partial charge in [-0.1, -0.05) is 42.5 Å². The van der Waals surface area contributed by atoms with Gasteiger partial charge in [-0.2, -0.15) is 0 Å². The molecule has 2 amide bonds. The van der Waals surface area contributed by atoms with E-state index in [1.807, 2.05) is 18.2 Å². The van der Waals surface area contributed by atoms with Gasteiger partial charge >= 0.3 is 0 Å². The first-order chi connectivity index (χ1) is 9.72. The number of benzene rings is 1. The molecule has 2 unspecified atom stereocenters.